The first-order chi connectivity index (χ1) is 5.38. The second-order valence-corrected chi connectivity index (χ2v) is 3.03. The van der Waals surface area contributed by atoms with Gasteiger partial charge in [0.05, 0.1) is 0 Å². The van der Waals surface area contributed by atoms with Gasteiger partial charge in [0, 0.05) is 10.7 Å². The van der Waals surface area contributed by atoms with Gasteiger partial charge >= 0.3 is 0 Å². The summed E-state index contributed by atoms with van der Waals surface area (Å²) in [7, 11) is 0. The van der Waals surface area contributed by atoms with Crippen LogP contribution in [0.2, 0.25) is 0 Å². The highest BCUT2D eigenvalue weighted by Gasteiger charge is 2.08. The van der Waals surface area contributed by atoms with Crippen LogP contribution >= 0.6 is 11.8 Å². The fourth-order valence-corrected chi connectivity index (χ4v) is 1.91. The Balaban J connectivity index is 0.000000461. The second-order valence-electron chi connectivity index (χ2n) is 1.90. The Bertz CT molecular complexity index is 159. The minimum atomic E-state index is 1.16. The fourth-order valence-electron chi connectivity index (χ4n) is 0.880. The van der Waals surface area contributed by atoms with Crippen LogP contribution < -0.4 is 0 Å². The minimum absolute atomic E-state index is 1.16. The third-order valence-corrected chi connectivity index (χ3v) is 2.53. The average molecular weight is 166 g/mol. The number of thioether (sulfide) groups is 1. The summed E-state index contributed by atoms with van der Waals surface area (Å²) in [5.41, 5.74) is 1.36. The molecule has 1 heterocycles. The van der Waals surface area contributed by atoms with Gasteiger partial charge in [0.2, 0.25) is 0 Å². The van der Waals surface area contributed by atoms with Gasteiger partial charge in [-0.25, -0.2) is 0 Å². The predicted molar refractivity (Wildman–Crippen MR) is 55.7 cm³/mol. The lowest BCUT2D eigenvalue weighted by Crippen LogP contribution is -1.71. The van der Waals surface area contributed by atoms with Crippen LogP contribution in [-0.2, 0) is 0 Å². The summed E-state index contributed by atoms with van der Waals surface area (Å²) in [6, 6.07) is 0. The van der Waals surface area contributed by atoms with Gasteiger partial charge in [0.1, 0.15) is 0 Å². The van der Waals surface area contributed by atoms with E-state index in [0.717, 1.165) is 6.42 Å². The SMILES string of the molecule is C=C.C=CC1=C(C=C)SCC1. The van der Waals surface area contributed by atoms with Crippen molar-refractivity contribution in [3.63, 3.8) is 0 Å². The maximum atomic E-state index is 3.72. The molecule has 0 atom stereocenters. The first-order valence-electron chi connectivity index (χ1n) is 3.49. The van der Waals surface area contributed by atoms with Crippen molar-refractivity contribution in [1.82, 2.24) is 0 Å². The fraction of sp³-hybridized carbons (Fsp3) is 0.200. The number of rotatable bonds is 2. The van der Waals surface area contributed by atoms with Gasteiger partial charge in [-0.2, -0.15) is 0 Å². The highest BCUT2D eigenvalue weighted by atomic mass is 32.2. The molecule has 0 N–H and O–H groups in total. The first kappa shape index (κ1) is 10.3. The molecule has 11 heavy (non-hydrogen) atoms. The maximum Gasteiger partial charge on any atom is 0.00983 e. The Morgan fingerprint density at radius 2 is 1.82 bits per heavy atom. The second kappa shape index (κ2) is 6.05. The van der Waals surface area contributed by atoms with Gasteiger partial charge < -0.3 is 0 Å². The van der Waals surface area contributed by atoms with Crippen molar-refractivity contribution in [1.29, 1.82) is 0 Å². The molecule has 1 aliphatic heterocycles. The summed E-state index contributed by atoms with van der Waals surface area (Å²) >= 11 is 1.87. The number of allylic oxidation sites excluding steroid dienone is 3. The Morgan fingerprint density at radius 3 is 2.18 bits per heavy atom. The molecule has 0 nitrogen and oxygen atoms in total. The van der Waals surface area contributed by atoms with Crippen molar-refractivity contribution in [3.8, 4) is 0 Å². The first-order valence-corrected chi connectivity index (χ1v) is 4.48. The molecule has 0 aliphatic carbocycles. The summed E-state index contributed by atoms with van der Waals surface area (Å²) < 4.78 is 0. The summed E-state index contributed by atoms with van der Waals surface area (Å²) in [6.07, 6.45) is 5.00. The highest BCUT2D eigenvalue weighted by molar-refractivity contribution is 8.03. The standard InChI is InChI=1S/C8H10S.C2H4/c1-3-7-5-6-9-8(7)4-2;1-2/h3-4H,1-2,5-6H2;1-2H2. The zero-order valence-electron chi connectivity index (χ0n) is 6.81. The van der Waals surface area contributed by atoms with Crippen LogP contribution in [0.15, 0.2) is 48.9 Å². The summed E-state index contributed by atoms with van der Waals surface area (Å²) in [5, 5.41) is 0. The van der Waals surface area contributed by atoms with Crippen molar-refractivity contribution in [2.24, 2.45) is 0 Å². The van der Waals surface area contributed by atoms with E-state index in [1.54, 1.807) is 0 Å². The van der Waals surface area contributed by atoms with Gasteiger partial charge in [0.25, 0.3) is 0 Å². The Morgan fingerprint density at radius 1 is 1.18 bits per heavy atom. The monoisotopic (exact) mass is 166 g/mol. The summed E-state index contributed by atoms with van der Waals surface area (Å²) in [5.74, 6) is 1.20. The van der Waals surface area contributed by atoms with Crippen LogP contribution in [-0.4, -0.2) is 5.75 Å². The van der Waals surface area contributed by atoms with E-state index >= 15 is 0 Å². The van der Waals surface area contributed by atoms with E-state index in [-0.39, 0.29) is 0 Å². The zero-order chi connectivity index (χ0) is 8.69. The van der Waals surface area contributed by atoms with E-state index in [4.69, 9.17) is 0 Å². The molecule has 0 aromatic carbocycles. The smallest absolute Gasteiger partial charge is 0.00983 e. The molecule has 1 aliphatic rings. The normalized spacial score (nSPS) is 15.3. The molecule has 0 aromatic heterocycles. The van der Waals surface area contributed by atoms with E-state index in [0.29, 0.717) is 0 Å². The minimum Gasteiger partial charge on any atom is -0.126 e. The Kier molecular flexibility index (Phi) is 5.67. The average Bonchev–Trinajstić information content (AvgIpc) is 2.54. The predicted octanol–water partition coefficient (Wildman–Crippen LogP) is 3.55. The topological polar surface area (TPSA) is 0 Å². The van der Waals surface area contributed by atoms with Crippen molar-refractivity contribution < 1.29 is 0 Å². The lowest BCUT2D eigenvalue weighted by molar-refractivity contribution is 1.20. The highest BCUT2D eigenvalue weighted by Crippen LogP contribution is 2.31. The summed E-state index contributed by atoms with van der Waals surface area (Å²) in [6.45, 7) is 13.4. The molecule has 0 amide bonds. The van der Waals surface area contributed by atoms with Crippen molar-refractivity contribution >= 4 is 11.8 Å². The van der Waals surface area contributed by atoms with Crippen LogP contribution in [0.1, 0.15) is 6.42 Å². The van der Waals surface area contributed by atoms with E-state index in [9.17, 15) is 0 Å². The van der Waals surface area contributed by atoms with Crippen molar-refractivity contribution in [3.05, 3.63) is 48.9 Å². The van der Waals surface area contributed by atoms with E-state index in [1.807, 2.05) is 23.9 Å². The lowest BCUT2D eigenvalue weighted by Gasteiger charge is -1.90. The maximum absolute atomic E-state index is 3.72. The van der Waals surface area contributed by atoms with Crippen molar-refractivity contribution in [2.45, 2.75) is 6.42 Å². The van der Waals surface area contributed by atoms with Crippen LogP contribution in [0.3, 0.4) is 0 Å². The molecule has 0 spiro atoms. The van der Waals surface area contributed by atoms with Gasteiger partial charge in [-0.15, -0.1) is 24.9 Å². The molecule has 0 unspecified atom stereocenters. The molecule has 0 radical (unpaired) electrons. The van der Waals surface area contributed by atoms with Gasteiger partial charge in [-0.3, -0.25) is 0 Å². The van der Waals surface area contributed by atoms with Crippen LogP contribution in [0.4, 0.5) is 0 Å². The molecular weight excluding hydrogens is 152 g/mol. The Hall–Kier alpha value is -0.690. The molecule has 0 aromatic rings. The molecule has 0 fully saturated rings. The van der Waals surface area contributed by atoms with E-state index < -0.39 is 0 Å². The van der Waals surface area contributed by atoms with E-state index in [2.05, 4.69) is 26.3 Å². The molecule has 0 saturated heterocycles. The summed E-state index contributed by atoms with van der Waals surface area (Å²) in [4.78, 5) is 1.31. The van der Waals surface area contributed by atoms with Crippen LogP contribution in [0.5, 0.6) is 0 Å². The number of hydrogen-bond donors (Lipinski definition) is 0. The van der Waals surface area contributed by atoms with E-state index in [1.165, 1.54) is 16.2 Å². The van der Waals surface area contributed by atoms with Gasteiger partial charge in [-0.1, -0.05) is 25.3 Å². The zero-order valence-corrected chi connectivity index (χ0v) is 7.62. The molecule has 1 heteroatoms. The largest absolute Gasteiger partial charge is 0.126 e. The van der Waals surface area contributed by atoms with Crippen molar-refractivity contribution in [2.75, 3.05) is 5.75 Å². The molecule has 0 saturated carbocycles. The van der Waals surface area contributed by atoms with Gasteiger partial charge in [-0.05, 0) is 12.0 Å². The molecular formula is C10H14S. The third kappa shape index (κ3) is 2.81. The Labute approximate surface area is 73.4 Å². The molecule has 0 bridgehead atoms. The number of hydrogen-bond acceptors (Lipinski definition) is 1. The lowest BCUT2D eigenvalue weighted by atomic mass is 10.2. The molecule has 60 valence electrons. The van der Waals surface area contributed by atoms with Crippen LogP contribution in [0, 0.1) is 0 Å². The third-order valence-electron chi connectivity index (χ3n) is 1.38. The van der Waals surface area contributed by atoms with Crippen LogP contribution in [0.25, 0.3) is 0 Å². The molecule has 1 rings (SSSR count). The van der Waals surface area contributed by atoms with Gasteiger partial charge in [0.15, 0.2) is 0 Å². The quantitative estimate of drug-likeness (QED) is 0.565.